The molecule has 8 heteroatoms. The van der Waals surface area contributed by atoms with Crippen LogP contribution in [0.3, 0.4) is 0 Å². The number of carbonyl (C=O) groups is 1. The van der Waals surface area contributed by atoms with Crippen LogP contribution in [0.1, 0.15) is 16.1 Å². The minimum atomic E-state index is -0.240. The third kappa shape index (κ3) is 4.31. The zero-order valence-electron chi connectivity index (χ0n) is 18.0. The number of rotatable bonds is 8. The molecule has 4 aromatic rings. The molecule has 1 amide bonds. The summed E-state index contributed by atoms with van der Waals surface area (Å²) in [7, 11) is 4.66. The van der Waals surface area contributed by atoms with Gasteiger partial charge in [-0.3, -0.25) is 9.89 Å². The van der Waals surface area contributed by atoms with Crippen molar-refractivity contribution in [2.24, 2.45) is 0 Å². The summed E-state index contributed by atoms with van der Waals surface area (Å²) in [5, 5.41) is 14.2. The highest BCUT2D eigenvalue weighted by Gasteiger charge is 2.17. The Labute approximate surface area is 190 Å². The number of nitrogens with zero attached hydrogens (tertiary/aromatic N) is 1. The predicted octanol–water partition coefficient (Wildman–Crippen LogP) is 4.76. The molecule has 0 fully saturated rings. The Morgan fingerprint density at radius 1 is 1.00 bits per heavy atom. The molecule has 0 atom stereocenters. The molecule has 0 aliphatic carbocycles. The van der Waals surface area contributed by atoms with Crippen LogP contribution < -0.4 is 19.5 Å². The van der Waals surface area contributed by atoms with Crippen LogP contribution in [0, 0.1) is 0 Å². The van der Waals surface area contributed by atoms with Gasteiger partial charge in [-0.25, -0.2) is 0 Å². The van der Waals surface area contributed by atoms with Gasteiger partial charge in [0.2, 0.25) is 5.75 Å². The first-order chi connectivity index (χ1) is 15.6. The fourth-order valence-corrected chi connectivity index (χ4v) is 4.12. The van der Waals surface area contributed by atoms with Crippen molar-refractivity contribution in [3.63, 3.8) is 0 Å². The molecule has 2 heterocycles. The van der Waals surface area contributed by atoms with Crippen molar-refractivity contribution in [1.82, 2.24) is 15.5 Å². The third-order valence-electron chi connectivity index (χ3n) is 5.07. The van der Waals surface area contributed by atoms with Crippen LogP contribution in [-0.2, 0) is 6.54 Å². The lowest BCUT2D eigenvalue weighted by Gasteiger charge is -2.13. The van der Waals surface area contributed by atoms with Gasteiger partial charge in [0.25, 0.3) is 5.91 Å². The van der Waals surface area contributed by atoms with Crippen molar-refractivity contribution in [2.75, 3.05) is 21.3 Å². The summed E-state index contributed by atoms with van der Waals surface area (Å²) in [5.41, 5.74) is 4.99. The Morgan fingerprint density at radius 3 is 2.41 bits per heavy atom. The van der Waals surface area contributed by atoms with Crippen molar-refractivity contribution in [2.45, 2.75) is 6.54 Å². The molecule has 164 valence electrons. The van der Waals surface area contributed by atoms with Gasteiger partial charge in [0.15, 0.2) is 11.5 Å². The normalized spacial score (nSPS) is 10.6. The highest BCUT2D eigenvalue weighted by molar-refractivity contribution is 7.08. The van der Waals surface area contributed by atoms with Gasteiger partial charge in [0.05, 0.1) is 27.0 Å². The lowest BCUT2D eigenvalue weighted by Crippen LogP contribution is -2.23. The van der Waals surface area contributed by atoms with Crippen molar-refractivity contribution < 1.29 is 19.0 Å². The first-order valence-corrected chi connectivity index (χ1v) is 10.8. The van der Waals surface area contributed by atoms with Crippen LogP contribution in [0.5, 0.6) is 17.2 Å². The minimum absolute atomic E-state index is 0.240. The molecular formula is C24H23N3O4S. The number of ether oxygens (including phenoxy) is 3. The van der Waals surface area contributed by atoms with Gasteiger partial charge < -0.3 is 19.5 Å². The lowest BCUT2D eigenvalue weighted by molar-refractivity contribution is 0.0946. The number of aromatic nitrogens is 2. The Balaban J connectivity index is 1.52. The molecule has 4 rings (SSSR count). The van der Waals surface area contributed by atoms with Gasteiger partial charge >= 0.3 is 0 Å². The van der Waals surface area contributed by atoms with Gasteiger partial charge in [0.1, 0.15) is 5.69 Å². The molecule has 2 aromatic carbocycles. The maximum Gasteiger partial charge on any atom is 0.269 e. The van der Waals surface area contributed by atoms with Crippen LogP contribution >= 0.6 is 11.3 Å². The number of methoxy groups -OCH3 is 3. The fourth-order valence-electron chi connectivity index (χ4n) is 3.46. The number of nitrogens with one attached hydrogen (secondary N) is 2. The third-order valence-corrected chi connectivity index (χ3v) is 5.76. The highest BCUT2D eigenvalue weighted by atomic mass is 32.1. The molecule has 0 bridgehead atoms. The predicted molar refractivity (Wildman–Crippen MR) is 125 cm³/mol. The number of hydrogen-bond acceptors (Lipinski definition) is 6. The van der Waals surface area contributed by atoms with E-state index in [1.165, 1.54) is 0 Å². The van der Waals surface area contributed by atoms with Gasteiger partial charge in [-0.15, -0.1) is 0 Å². The second-order valence-corrected chi connectivity index (χ2v) is 7.71. The second-order valence-electron chi connectivity index (χ2n) is 6.93. The quantitative estimate of drug-likeness (QED) is 0.405. The maximum atomic E-state index is 12.8. The molecule has 0 aliphatic rings. The van der Waals surface area contributed by atoms with E-state index < -0.39 is 0 Å². The molecule has 0 radical (unpaired) electrons. The molecule has 0 saturated carbocycles. The molecule has 32 heavy (non-hydrogen) atoms. The fraction of sp³-hybridized carbons (Fsp3) is 0.167. The van der Waals surface area contributed by atoms with Gasteiger partial charge in [-0.1, -0.05) is 24.3 Å². The summed E-state index contributed by atoms with van der Waals surface area (Å²) in [6.45, 7) is 0.406. The summed E-state index contributed by atoms with van der Waals surface area (Å²) >= 11 is 1.65. The van der Waals surface area contributed by atoms with E-state index in [1.807, 2.05) is 23.6 Å². The number of benzene rings is 2. The van der Waals surface area contributed by atoms with E-state index in [1.54, 1.807) is 50.9 Å². The SMILES string of the molecule is COc1cc(-c2cc(C(=O)NCc3ccccc3-c3ccsc3)[nH]n2)cc(OC)c1OC. The zero-order chi connectivity index (χ0) is 22.5. The molecule has 0 aliphatic heterocycles. The number of H-pyrrole nitrogens is 1. The number of aromatic amines is 1. The summed E-state index contributed by atoms with van der Waals surface area (Å²) in [4.78, 5) is 12.8. The van der Waals surface area contributed by atoms with E-state index in [9.17, 15) is 4.79 Å². The van der Waals surface area contributed by atoms with E-state index in [0.29, 0.717) is 35.2 Å². The van der Waals surface area contributed by atoms with E-state index in [-0.39, 0.29) is 5.91 Å². The maximum absolute atomic E-state index is 12.8. The van der Waals surface area contributed by atoms with Crippen molar-refractivity contribution in [3.05, 3.63) is 70.5 Å². The lowest BCUT2D eigenvalue weighted by atomic mass is 10.0. The number of carbonyl (C=O) groups excluding carboxylic acids is 1. The van der Waals surface area contributed by atoms with Crippen LogP contribution in [0.15, 0.2) is 59.3 Å². The minimum Gasteiger partial charge on any atom is -0.493 e. The summed E-state index contributed by atoms with van der Waals surface area (Å²) in [6, 6.07) is 15.4. The van der Waals surface area contributed by atoms with Gasteiger partial charge in [0, 0.05) is 12.1 Å². The number of thiophene rings is 1. The van der Waals surface area contributed by atoms with E-state index in [4.69, 9.17) is 14.2 Å². The topological polar surface area (TPSA) is 85.5 Å². The molecule has 7 nitrogen and oxygen atoms in total. The Kier molecular flexibility index (Phi) is 6.42. The van der Waals surface area contributed by atoms with Crippen molar-refractivity contribution in [1.29, 1.82) is 0 Å². The second kappa shape index (κ2) is 9.57. The molecule has 0 saturated heterocycles. The van der Waals surface area contributed by atoms with Crippen molar-refractivity contribution in [3.8, 4) is 39.6 Å². The summed E-state index contributed by atoms with van der Waals surface area (Å²) < 4.78 is 16.2. The monoisotopic (exact) mass is 449 g/mol. The van der Waals surface area contributed by atoms with Gasteiger partial charge in [-0.2, -0.15) is 16.4 Å². The average molecular weight is 450 g/mol. The first kappa shape index (κ1) is 21.5. The molecular weight excluding hydrogens is 426 g/mol. The van der Waals surface area contributed by atoms with Crippen LogP contribution in [0.25, 0.3) is 22.4 Å². The first-order valence-electron chi connectivity index (χ1n) is 9.89. The standard InChI is InChI=1S/C24H23N3O4S/c1-29-21-10-17(11-22(30-2)23(21)31-3)19-12-20(27-26-19)24(28)25-13-15-6-4-5-7-18(15)16-8-9-32-14-16/h4-12,14H,13H2,1-3H3,(H,25,28)(H,26,27). The van der Waals surface area contributed by atoms with Crippen LogP contribution in [0.2, 0.25) is 0 Å². The van der Waals surface area contributed by atoms with Crippen molar-refractivity contribution >= 4 is 17.2 Å². The Hall–Kier alpha value is -3.78. The van der Waals surface area contributed by atoms with E-state index in [2.05, 4.69) is 33.0 Å². The Morgan fingerprint density at radius 2 is 1.75 bits per heavy atom. The highest BCUT2D eigenvalue weighted by Crippen LogP contribution is 2.40. The van der Waals surface area contributed by atoms with E-state index >= 15 is 0 Å². The van der Waals surface area contributed by atoms with Crippen LogP contribution in [0.4, 0.5) is 0 Å². The zero-order valence-corrected chi connectivity index (χ0v) is 18.8. The Bertz CT molecular complexity index is 1190. The summed E-state index contributed by atoms with van der Waals surface area (Å²) in [6.07, 6.45) is 0. The summed E-state index contributed by atoms with van der Waals surface area (Å²) in [5.74, 6) is 1.29. The average Bonchev–Trinajstić information content (AvgIpc) is 3.54. The van der Waals surface area contributed by atoms with Gasteiger partial charge in [-0.05, 0) is 51.7 Å². The smallest absolute Gasteiger partial charge is 0.269 e. The number of amides is 1. The van der Waals surface area contributed by atoms with Crippen LogP contribution in [-0.4, -0.2) is 37.4 Å². The molecule has 0 spiro atoms. The van der Waals surface area contributed by atoms with E-state index in [0.717, 1.165) is 22.3 Å². The molecule has 0 unspecified atom stereocenters. The molecule has 2 N–H and O–H groups in total. The molecule has 2 aromatic heterocycles. The largest absolute Gasteiger partial charge is 0.493 e. The number of hydrogen-bond donors (Lipinski definition) is 2.